The average Bonchev–Trinajstić information content (AvgIpc) is 2.29. The molecule has 2 rings (SSSR count). The summed E-state index contributed by atoms with van der Waals surface area (Å²) >= 11 is 9.67. The third kappa shape index (κ3) is 2.51. The molecule has 0 fully saturated rings. The van der Waals surface area contributed by atoms with E-state index in [1.807, 2.05) is 37.3 Å². The lowest BCUT2D eigenvalue weighted by molar-refractivity contribution is 0.814. The first-order valence-electron chi connectivity index (χ1n) is 5.22. The Hall–Kier alpha value is -0.900. The Balaban J connectivity index is 2.51. The molecule has 1 atom stereocenters. The minimum absolute atomic E-state index is 0.320. The van der Waals surface area contributed by atoms with Crippen molar-refractivity contribution in [1.82, 2.24) is 4.98 Å². The Morgan fingerprint density at radius 2 is 2.06 bits per heavy atom. The summed E-state index contributed by atoms with van der Waals surface area (Å²) in [6.45, 7) is 1.99. The second kappa shape index (κ2) is 5.17. The molecule has 1 aromatic heterocycles. The SMILES string of the molecule is Cc1cccnc1C(N)c1c(Cl)cccc1Br. The summed E-state index contributed by atoms with van der Waals surface area (Å²) in [6.07, 6.45) is 1.74. The molecule has 88 valence electrons. The molecule has 0 saturated heterocycles. The van der Waals surface area contributed by atoms with Crippen LogP contribution in [-0.4, -0.2) is 4.98 Å². The van der Waals surface area contributed by atoms with Gasteiger partial charge in [-0.25, -0.2) is 0 Å². The fourth-order valence-electron chi connectivity index (χ4n) is 1.77. The van der Waals surface area contributed by atoms with E-state index in [2.05, 4.69) is 20.9 Å². The maximum Gasteiger partial charge on any atom is 0.0754 e. The van der Waals surface area contributed by atoms with Crippen molar-refractivity contribution in [3.63, 3.8) is 0 Å². The van der Waals surface area contributed by atoms with Crippen molar-refractivity contribution >= 4 is 27.5 Å². The first-order valence-corrected chi connectivity index (χ1v) is 6.39. The van der Waals surface area contributed by atoms with Gasteiger partial charge in [0.25, 0.3) is 0 Å². The van der Waals surface area contributed by atoms with E-state index in [0.717, 1.165) is 21.3 Å². The van der Waals surface area contributed by atoms with Crippen molar-refractivity contribution in [3.05, 3.63) is 62.8 Å². The molecule has 0 saturated carbocycles. The Kier molecular flexibility index (Phi) is 3.82. The number of benzene rings is 1. The minimum atomic E-state index is -0.320. The highest BCUT2D eigenvalue weighted by Gasteiger charge is 2.18. The third-order valence-electron chi connectivity index (χ3n) is 2.66. The molecule has 4 heteroatoms. The average molecular weight is 312 g/mol. The smallest absolute Gasteiger partial charge is 0.0754 e. The van der Waals surface area contributed by atoms with Crippen molar-refractivity contribution < 1.29 is 0 Å². The topological polar surface area (TPSA) is 38.9 Å². The van der Waals surface area contributed by atoms with E-state index in [4.69, 9.17) is 17.3 Å². The molecule has 1 heterocycles. The highest BCUT2D eigenvalue weighted by atomic mass is 79.9. The van der Waals surface area contributed by atoms with Gasteiger partial charge in [-0.3, -0.25) is 4.98 Å². The predicted molar refractivity (Wildman–Crippen MR) is 74.2 cm³/mol. The Labute approximate surface area is 114 Å². The first kappa shape index (κ1) is 12.6. The lowest BCUT2D eigenvalue weighted by Crippen LogP contribution is -2.16. The monoisotopic (exact) mass is 310 g/mol. The van der Waals surface area contributed by atoms with Crippen LogP contribution in [0.1, 0.15) is 22.9 Å². The molecule has 2 aromatic rings. The van der Waals surface area contributed by atoms with Crippen LogP contribution in [0.5, 0.6) is 0 Å². The van der Waals surface area contributed by atoms with Gasteiger partial charge in [0.2, 0.25) is 0 Å². The number of aryl methyl sites for hydroxylation is 1. The molecule has 0 aliphatic heterocycles. The summed E-state index contributed by atoms with van der Waals surface area (Å²) < 4.78 is 0.905. The fraction of sp³-hybridized carbons (Fsp3) is 0.154. The van der Waals surface area contributed by atoms with E-state index in [9.17, 15) is 0 Å². The number of nitrogens with zero attached hydrogens (tertiary/aromatic N) is 1. The van der Waals surface area contributed by atoms with Gasteiger partial charge in [0.05, 0.1) is 11.7 Å². The summed E-state index contributed by atoms with van der Waals surface area (Å²) in [4.78, 5) is 4.33. The first-order chi connectivity index (χ1) is 8.11. The van der Waals surface area contributed by atoms with E-state index in [-0.39, 0.29) is 6.04 Å². The molecule has 0 aliphatic carbocycles. The molecule has 0 bridgehead atoms. The van der Waals surface area contributed by atoms with Crippen LogP contribution < -0.4 is 5.73 Å². The fourth-order valence-corrected chi connectivity index (χ4v) is 2.79. The van der Waals surface area contributed by atoms with Gasteiger partial charge >= 0.3 is 0 Å². The Morgan fingerprint density at radius 1 is 1.29 bits per heavy atom. The lowest BCUT2D eigenvalue weighted by atomic mass is 10.0. The number of hydrogen-bond acceptors (Lipinski definition) is 2. The van der Waals surface area contributed by atoms with Gasteiger partial charge in [-0.05, 0) is 30.7 Å². The van der Waals surface area contributed by atoms with Gasteiger partial charge in [0, 0.05) is 21.3 Å². The van der Waals surface area contributed by atoms with E-state index in [1.54, 1.807) is 6.20 Å². The number of halogens is 2. The molecule has 0 radical (unpaired) electrons. The quantitative estimate of drug-likeness (QED) is 0.915. The van der Waals surface area contributed by atoms with Crippen LogP contribution in [0.25, 0.3) is 0 Å². The Morgan fingerprint density at radius 3 is 2.71 bits per heavy atom. The molecular formula is C13H12BrClN2. The normalized spacial score (nSPS) is 12.5. The molecule has 2 nitrogen and oxygen atoms in total. The molecular weight excluding hydrogens is 300 g/mol. The molecule has 0 aliphatic rings. The van der Waals surface area contributed by atoms with Crippen LogP contribution in [0.15, 0.2) is 41.0 Å². The maximum absolute atomic E-state index is 6.24. The van der Waals surface area contributed by atoms with Crippen molar-refractivity contribution in [1.29, 1.82) is 0 Å². The van der Waals surface area contributed by atoms with E-state index < -0.39 is 0 Å². The molecule has 0 spiro atoms. The van der Waals surface area contributed by atoms with Crippen LogP contribution in [0.3, 0.4) is 0 Å². The molecule has 1 aromatic carbocycles. The minimum Gasteiger partial charge on any atom is -0.319 e. The van der Waals surface area contributed by atoms with E-state index >= 15 is 0 Å². The zero-order valence-corrected chi connectivity index (χ0v) is 11.7. The molecule has 1 unspecified atom stereocenters. The van der Waals surface area contributed by atoms with E-state index in [1.165, 1.54) is 0 Å². The highest BCUT2D eigenvalue weighted by Crippen LogP contribution is 2.32. The largest absolute Gasteiger partial charge is 0.319 e. The van der Waals surface area contributed by atoms with Gasteiger partial charge in [0.1, 0.15) is 0 Å². The van der Waals surface area contributed by atoms with Crippen LogP contribution in [0, 0.1) is 6.92 Å². The van der Waals surface area contributed by atoms with Crippen LogP contribution in [-0.2, 0) is 0 Å². The molecule has 0 amide bonds. The van der Waals surface area contributed by atoms with Crippen molar-refractivity contribution in [2.75, 3.05) is 0 Å². The summed E-state index contributed by atoms with van der Waals surface area (Å²) in [5.41, 5.74) is 9.02. The van der Waals surface area contributed by atoms with Crippen LogP contribution in [0.2, 0.25) is 5.02 Å². The Bertz CT molecular complexity index is 522. The summed E-state index contributed by atoms with van der Waals surface area (Å²) in [6, 6.07) is 9.21. The van der Waals surface area contributed by atoms with Crippen molar-refractivity contribution in [2.24, 2.45) is 5.73 Å². The van der Waals surface area contributed by atoms with Crippen molar-refractivity contribution in [3.8, 4) is 0 Å². The van der Waals surface area contributed by atoms with Gasteiger partial charge in [-0.2, -0.15) is 0 Å². The van der Waals surface area contributed by atoms with Gasteiger partial charge in [-0.15, -0.1) is 0 Å². The number of aromatic nitrogens is 1. The summed E-state index contributed by atoms with van der Waals surface area (Å²) in [5.74, 6) is 0. The van der Waals surface area contributed by atoms with Gasteiger partial charge < -0.3 is 5.73 Å². The van der Waals surface area contributed by atoms with E-state index in [0.29, 0.717) is 5.02 Å². The molecule has 2 N–H and O–H groups in total. The van der Waals surface area contributed by atoms with Gasteiger partial charge in [0.15, 0.2) is 0 Å². The standard InChI is InChI=1S/C13H12BrClN2/c1-8-4-3-7-17-13(8)12(16)11-9(14)5-2-6-10(11)15/h2-7,12H,16H2,1H3. The summed E-state index contributed by atoms with van der Waals surface area (Å²) in [7, 11) is 0. The van der Waals surface area contributed by atoms with Crippen LogP contribution >= 0.6 is 27.5 Å². The predicted octanol–water partition coefficient (Wildman–Crippen LogP) is 3.85. The number of rotatable bonds is 2. The highest BCUT2D eigenvalue weighted by molar-refractivity contribution is 9.10. The van der Waals surface area contributed by atoms with Crippen molar-refractivity contribution in [2.45, 2.75) is 13.0 Å². The van der Waals surface area contributed by atoms with Gasteiger partial charge in [-0.1, -0.05) is 39.7 Å². The third-order valence-corrected chi connectivity index (χ3v) is 3.68. The second-order valence-corrected chi connectivity index (χ2v) is 5.08. The number of nitrogens with two attached hydrogens (primary N) is 1. The second-order valence-electron chi connectivity index (χ2n) is 3.82. The zero-order chi connectivity index (χ0) is 12.4. The lowest BCUT2D eigenvalue weighted by Gasteiger charge is -2.16. The molecule has 17 heavy (non-hydrogen) atoms. The number of pyridine rings is 1. The maximum atomic E-state index is 6.24. The zero-order valence-electron chi connectivity index (χ0n) is 9.32. The van der Waals surface area contributed by atoms with Crippen LogP contribution in [0.4, 0.5) is 0 Å². The number of hydrogen-bond donors (Lipinski definition) is 1. The summed E-state index contributed by atoms with van der Waals surface area (Å²) in [5, 5.41) is 0.650.